The van der Waals surface area contributed by atoms with Crippen molar-refractivity contribution in [1.82, 2.24) is 14.1 Å². The third-order valence-corrected chi connectivity index (χ3v) is 5.16. The number of rotatable bonds is 4. The predicted molar refractivity (Wildman–Crippen MR) is 116 cm³/mol. The number of carbonyl (C=O) groups is 1. The second kappa shape index (κ2) is 7.96. The molecule has 0 aliphatic carbocycles. The van der Waals surface area contributed by atoms with Crippen molar-refractivity contribution in [2.45, 2.75) is 13.5 Å². The van der Waals surface area contributed by atoms with Crippen molar-refractivity contribution in [2.75, 3.05) is 5.32 Å². The molecule has 2 aromatic heterocycles. The van der Waals surface area contributed by atoms with Gasteiger partial charge in [0, 0.05) is 16.9 Å². The van der Waals surface area contributed by atoms with Gasteiger partial charge >= 0.3 is 5.69 Å². The quantitative estimate of drug-likeness (QED) is 0.549. The number of nitrogens with one attached hydrogen (secondary N) is 1. The third kappa shape index (κ3) is 3.51. The van der Waals surface area contributed by atoms with Crippen molar-refractivity contribution in [3.05, 3.63) is 98.3 Å². The summed E-state index contributed by atoms with van der Waals surface area (Å²) < 4.78 is 2.24. The zero-order valence-corrected chi connectivity index (χ0v) is 16.8. The molecule has 0 spiro atoms. The van der Waals surface area contributed by atoms with Crippen molar-refractivity contribution in [3.63, 3.8) is 0 Å². The average Bonchev–Trinajstić information content (AvgIpc) is 2.75. The number of nitrogens with zero attached hydrogens (tertiary/aromatic N) is 3. The van der Waals surface area contributed by atoms with Gasteiger partial charge in [0.25, 0.3) is 5.56 Å². The highest BCUT2D eigenvalue weighted by atomic mass is 35.5. The Morgan fingerprint density at radius 3 is 2.57 bits per heavy atom. The lowest BCUT2D eigenvalue weighted by molar-refractivity contribution is -0.116. The number of para-hydroxylation sites is 1. The Hall–Kier alpha value is -3.71. The van der Waals surface area contributed by atoms with Crippen LogP contribution in [0.1, 0.15) is 5.56 Å². The molecule has 2 heterocycles. The van der Waals surface area contributed by atoms with Crippen molar-refractivity contribution in [1.29, 1.82) is 0 Å². The van der Waals surface area contributed by atoms with Crippen LogP contribution in [0.15, 0.2) is 76.4 Å². The number of hydrogen-bond donors (Lipinski definition) is 1. The van der Waals surface area contributed by atoms with Crippen LogP contribution in [-0.2, 0) is 11.3 Å². The lowest BCUT2D eigenvalue weighted by Crippen LogP contribution is -2.42. The molecule has 0 fully saturated rings. The van der Waals surface area contributed by atoms with Gasteiger partial charge in [-0.2, -0.15) is 0 Å². The number of benzene rings is 2. The fraction of sp³-hybridized carbons (Fsp3) is 0.0909. The van der Waals surface area contributed by atoms with E-state index in [0.717, 1.165) is 4.57 Å². The van der Waals surface area contributed by atoms with Gasteiger partial charge in [0.05, 0.1) is 11.1 Å². The minimum atomic E-state index is -0.643. The largest absolute Gasteiger partial charge is 0.337 e. The zero-order chi connectivity index (χ0) is 21.3. The summed E-state index contributed by atoms with van der Waals surface area (Å²) in [6.45, 7) is 1.33. The van der Waals surface area contributed by atoms with Crippen molar-refractivity contribution in [2.24, 2.45) is 0 Å². The normalized spacial score (nSPS) is 10.9. The summed E-state index contributed by atoms with van der Waals surface area (Å²) in [6, 6.07) is 17.2. The molecule has 0 saturated heterocycles. The first-order valence-corrected chi connectivity index (χ1v) is 9.56. The first-order valence-electron chi connectivity index (χ1n) is 9.18. The smallest absolute Gasteiger partial charge is 0.324 e. The molecule has 0 bridgehead atoms. The van der Waals surface area contributed by atoms with E-state index in [4.69, 9.17) is 11.6 Å². The van der Waals surface area contributed by atoms with Crippen LogP contribution in [-0.4, -0.2) is 20.0 Å². The van der Waals surface area contributed by atoms with E-state index < -0.39 is 23.7 Å². The maximum absolute atomic E-state index is 13.2. The van der Waals surface area contributed by atoms with Crippen molar-refractivity contribution >= 4 is 34.2 Å². The van der Waals surface area contributed by atoms with Gasteiger partial charge < -0.3 is 5.32 Å². The van der Waals surface area contributed by atoms with Crippen molar-refractivity contribution in [3.8, 4) is 5.69 Å². The van der Waals surface area contributed by atoms with Gasteiger partial charge in [0.15, 0.2) is 5.65 Å². The standard InChI is InChI=1S/C22H17ClN4O3/c1-14-17(23)10-5-11-18(14)25-19(28)13-26-21(29)16-9-6-12-24-20(16)27(22(26)30)15-7-3-2-4-8-15/h2-12H,13H2,1H3,(H,25,28). The Balaban J connectivity index is 1.82. The van der Waals surface area contributed by atoms with E-state index in [1.807, 2.05) is 6.07 Å². The molecule has 1 amide bonds. The first kappa shape index (κ1) is 19.6. The molecule has 8 heteroatoms. The van der Waals surface area contributed by atoms with E-state index in [-0.39, 0.29) is 11.0 Å². The van der Waals surface area contributed by atoms with Crippen LogP contribution in [0.3, 0.4) is 0 Å². The molecule has 7 nitrogen and oxygen atoms in total. The number of fused-ring (bicyclic) bond motifs is 1. The fourth-order valence-corrected chi connectivity index (χ4v) is 3.39. The van der Waals surface area contributed by atoms with Gasteiger partial charge in [0.2, 0.25) is 5.91 Å². The summed E-state index contributed by atoms with van der Waals surface area (Å²) in [7, 11) is 0. The maximum Gasteiger partial charge on any atom is 0.337 e. The number of amides is 1. The summed E-state index contributed by atoms with van der Waals surface area (Å²) in [6.07, 6.45) is 1.51. The molecule has 0 unspecified atom stereocenters. The highest BCUT2D eigenvalue weighted by molar-refractivity contribution is 6.31. The van der Waals surface area contributed by atoms with Crippen LogP contribution >= 0.6 is 11.6 Å². The van der Waals surface area contributed by atoms with E-state index in [1.165, 1.54) is 10.8 Å². The van der Waals surface area contributed by atoms with E-state index in [0.29, 0.717) is 22.0 Å². The monoisotopic (exact) mass is 420 g/mol. The molecule has 1 N–H and O–H groups in total. The second-order valence-corrected chi connectivity index (χ2v) is 7.09. The van der Waals surface area contributed by atoms with E-state index in [9.17, 15) is 14.4 Å². The fourth-order valence-electron chi connectivity index (χ4n) is 3.21. The summed E-state index contributed by atoms with van der Waals surface area (Å²) in [5.41, 5.74) is 0.784. The maximum atomic E-state index is 13.2. The third-order valence-electron chi connectivity index (χ3n) is 4.75. The number of pyridine rings is 1. The van der Waals surface area contributed by atoms with Gasteiger partial charge in [-0.1, -0.05) is 35.9 Å². The molecule has 0 saturated carbocycles. The van der Waals surface area contributed by atoms with Gasteiger partial charge in [-0.3, -0.25) is 9.59 Å². The lowest BCUT2D eigenvalue weighted by Gasteiger charge is -2.14. The SMILES string of the molecule is Cc1c(Cl)cccc1NC(=O)Cn1c(=O)c2cccnc2n(-c2ccccc2)c1=O. The van der Waals surface area contributed by atoms with Crippen LogP contribution in [0.25, 0.3) is 16.7 Å². The number of anilines is 1. The van der Waals surface area contributed by atoms with E-state index in [1.54, 1.807) is 61.5 Å². The second-order valence-electron chi connectivity index (χ2n) is 6.68. The van der Waals surface area contributed by atoms with Crippen LogP contribution in [0.5, 0.6) is 0 Å². The van der Waals surface area contributed by atoms with Crippen LogP contribution in [0.4, 0.5) is 5.69 Å². The molecule has 0 radical (unpaired) electrons. The highest BCUT2D eigenvalue weighted by Gasteiger charge is 2.17. The van der Waals surface area contributed by atoms with Gasteiger partial charge in [-0.15, -0.1) is 0 Å². The first-order chi connectivity index (χ1) is 14.5. The number of aromatic nitrogens is 3. The predicted octanol–water partition coefficient (Wildman–Crippen LogP) is 3.15. The number of carbonyl (C=O) groups excluding carboxylic acids is 1. The molecule has 4 rings (SSSR count). The molecule has 0 aliphatic rings. The molecule has 30 heavy (non-hydrogen) atoms. The van der Waals surface area contributed by atoms with Crippen molar-refractivity contribution < 1.29 is 4.79 Å². The summed E-state index contributed by atoms with van der Waals surface area (Å²) in [5, 5.41) is 3.47. The molecule has 0 aliphatic heterocycles. The van der Waals surface area contributed by atoms with E-state index >= 15 is 0 Å². The summed E-state index contributed by atoms with van der Waals surface area (Å²) >= 11 is 6.10. The minimum Gasteiger partial charge on any atom is -0.324 e. The number of hydrogen-bond acceptors (Lipinski definition) is 4. The van der Waals surface area contributed by atoms with Gasteiger partial charge in [-0.05, 0) is 48.9 Å². The Morgan fingerprint density at radius 1 is 1.03 bits per heavy atom. The van der Waals surface area contributed by atoms with Crippen LogP contribution < -0.4 is 16.6 Å². The molecule has 4 aromatic rings. The Morgan fingerprint density at radius 2 is 1.80 bits per heavy atom. The van der Waals surface area contributed by atoms with Crippen LogP contribution in [0, 0.1) is 6.92 Å². The summed E-state index contributed by atoms with van der Waals surface area (Å²) in [5.74, 6) is -0.512. The molecule has 2 aromatic carbocycles. The average molecular weight is 421 g/mol. The lowest BCUT2D eigenvalue weighted by atomic mass is 10.2. The summed E-state index contributed by atoms with van der Waals surface area (Å²) in [4.78, 5) is 43.0. The molecule has 150 valence electrons. The minimum absolute atomic E-state index is 0.237. The van der Waals surface area contributed by atoms with E-state index in [2.05, 4.69) is 10.3 Å². The highest BCUT2D eigenvalue weighted by Crippen LogP contribution is 2.22. The molecule has 0 atom stereocenters. The Bertz CT molecular complexity index is 1380. The Kier molecular flexibility index (Phi) is 5.20. The molecular formula is C22H17ClN4O3. The Labute approximate surface area is 176 Å². The number of halogens is 1. The van der Waals surface area contributed by atoms with Gasteiger partial charge in [-0.25, -0.2) is 18.9 Å². The van der Waals surface area contributed by atoms with Gasteiger partial charge in [0.1, 0.15) is 6.54 Å². The topological polar surface area (TPSA) is 86.0 Å². The molecular weight excluding hydrogens is 404 g/mol. The van der Waals surface area contributed by atoms with Crippen LogP contribution in [0.2, 0.25) is 5.02 Å². The zero-order valence-electron chi connectivity index (χ0n) is 16.0.